The summed E-state index contributed by atoms with van der Waals surface area (Å²) in [5.74, 6) is 0.214. The molecule has 0 N–H and O–H groups in total. The standard InChI is InChI=1S/C11H11NO3/c12-9-14-8-4-7-11(13)15-10-5-2-1-3-6-10/h1-3,5-6H,4,7-8H2. The number of rotatable bonds is 5. The van der Waals surface area contributed by atoms with Crippen molar-refractivity contribution < 1.29 is 14.3 Å². The van der Waals surface area contributed by atoms with Crippen LogP contribution in [0.3, 0.4) is 0 Å². The van der Waals surface area contributed by atoms with Gasteiger partial charge in [0.05, 0.1) is 0 Å². The number of hydrogen-bond acceptors (Lipinski definition) is 4. The molecule has 1 aromatic rings. The molecule has 0 aliphatic heterocycles. The molecule has 78 valence electrons. The first-order valence-electron chi connectivity index (χ1n) is 4.59. The maximum Gasteiger partial charge on any atom is 0.311 e. The SMILES string of the molecule is N#COCCCC(=O)Oc1ccccc1. The molecule has 0 bridgehead atoms. The lowest BCUT2D eigenvalue weighted by atomic mass is 10.3. The van der Waals surface area contributed by atoms with Crippen molar-refractivity contribution in [3.05, 3.63) is 30.3 Å². The van der Waals surface area contributed by atoms with Crippen molar-refractivity contribution in [3.63, 3.8) is 0 Å². The molecule has 0 saturated carbocycles. The second kappa shape index (κ2) is 6.44. The number of nitriles is 1. The molecule has 1 aromatic carbocycles. The summed E-state index contributed by atoms with van der Waals surface area (Å²) in [5.41, 5.74) is 0. The minimum atomic E-state index is -0.317. The van der Waals surface area contributed by atoms with Gasteiger partial charge in [0.15, 0.2) is 0 Å². The number of carbonyl (C=O) groups excluding carboxylic acids is 1. The average molecular weight is 205 g/mol. The smallest absolute Gasteiger partial charge is 0.311 e. The molecule has 0 aliphatic carbocycles. The number of para-hydroxylation sites is 1. The van der Waals surface area contributed by atoms with Crippen LogP contribution in [-0.2, 0) is 9.53 Å². The lowest BCUT2D eigenvalue weighted by Gasteiger charge is -2.02. The number of nitrogens with zero attached hydrogens (tertiary/aromatic N) is 1. The summed E-state index contributed by atoms with van der Waals surface area (Å²) in [6.45, 7) is 0.250. The minimum absolute atomic E-state index is 0.247. The summed E-state index contributed by atoms with van der Waals surface area (Å²) in [6.07, 6.45) is 2.27. The van der Waals surface area contributed by atoms with Crippen molar-refractivity contribution >= 4 is 5.97 Å². The summed E-state index contributed by atoms with van der Waals surface area (Å²) in [4.78, 5) is 11.2. The van der Waals surface area contributed by atoms with Gasteiger partial charge in [-0.2, -0.15) is 5.26 Å². The van der Waals surface area contributed by atoms with Crippen molar-refractivity contribution in [2.24, 2.45) is 0 Å². The number of hydrogen-bond donors (Lipinski definition) is 0. The van der Waals surface area contributed by atoms with Gasteiger partial charge in [-0.25, -0.2) is 0 Å². The van der Waals surface area contributed by atoms with Crippen molar-refractivity contribution in [2.75, 3.05) is 6.61 Å². The molecule has 4 nitrogen and oxygen atoms in total. The summed E-state index contributed by atoms with van der Waals surface area (Å²) < 4.78 is 9.45. The first-order valence-corrected chi connectivity index (χ1v) is 4.59. The Bertz CT molecular complexity index is 343. The summed E-state index contributed by atoms with van der Waals surface area (Å²) >= 11 is 0. The van der Waals surface area contributed by atoms with Crippen LogP contribution in [0.5, 0.6) is 5.75 Å². The van der Waals surface area contributed by atoms with Gasteiger partial charge in [0.2, 0.25) is 0 Å². The summed E-state index contributed by atoms with van der Waals surface area (Å²) in [6, 6.07) is 8.86. The van der Waals surface area contributed by atoms with E-state index in [0.29, 0.717) is 12.2 Å². The van der Waals surface area contributed by atoms with Crippen LogP contribution >= 0.6 is 0 Å². The van der Waals surface area contributed by atoms with Crippen molar-refractivity contribution in [2.45, 2.75) is 12.8 Å². The van der Waals surface area contributed by atoms with Gasteiger partial charge < -0.3 is 9.47 Å². The fourth-order valence-corrected chi connectivity index (χ4v) is 1.01. The van der Waals surface area contributed by atoms with Gasteiger partial charge in [-0.1, -0.05) is 18.2 Å². The molecular formula is C11H11NO3. The molecule has 15 heavy (non-hydrogen) atoms. The summed E-state index contributed by atoms with van der Waals surface area (Å²) in [7, 11) is 0. The second-order valence-corrected chi connectivity index (χ2v) is 2.83. The lowest BCUT2D eigenvalue weighted by Crippen LogP contribution is -2.08. The number of esters is 1. The molecule has 0 saturated heterocycles. The van der Waals surface area contributed by atoms with Gasteiger partial charge >= 0.3 is 5.97 Å². The molecule has 1 rings (SSSR count). The third-order valence-electron chi connectivity index (χ3n) is 1.67. The summed E-state index contributed by atoms with van der Waals surface area (Å²) in [5, 5.41) is 8.08. The lowest BCUT2D eigenvalue weighted by molar-refractivity contribution is -0.134. The van der Waals surface area contributed by atoms with Crippen LogP contribution in [0, 0.1) is 11.5 Å². The maximum atomic E-state index is 11.2. The molecule has 0 aromatic heterocycles. The third-order valence-corrected chi connectivity index (χ3v) is 1.67. The Morgan fingerprint density at radius 2 is 2.07 bits per heavy atom. The van der Waals surface area contributed by atoms with Crippen LogP contribution in [0.4, 0.5) is 0 Å². The molecule has 0 aliphatic rings. The Morgan fingerprint density at radius 1 is 1.33 bits per heavy atom. The van der Waals surface area contributed by atoms with E-state index in [-0.39, 0.29) is 19.0 Å². The van der Waals surface area contributed by atoms with E-state index >= 15 is 0 Å². The van der Waals surface area contributed by atoms with Crippen LogP contribution in [0.2, 0.25) is 0 Å². The molecule has 4 heteroatoms. The molecule has 0 unspecified atom stereocenters. The van der Waals surface area contributed by atoms with E-state index in [4.69, 9.17) is 10.00 Å². The largest absolute Gasteiger partial charge is 0.427 e. The topological polar surface area (TPSA) is 59.3 Å². The van der Waals surface area contributed by atoms with Crippen molar-refractivity contribution in [1.82, 2.24) is 0 Å². The van der Waals surface area contributed by atoms with E-state index in [1.165, 1.54) is 6.26 Å². The highest BCUT2D eigenvalue weighted by Gasteiger charge is 2.03. The molecule has 0 fully saturated rings. The number of ether oxygens (including phenoxy) is 2. The van der Waals surface area contributed by atoms with Crippen molar-refractivity contribution in [3.8, 4) is 12.0 Å². The van der Waals surface area contributed by atoms with E-state index in [1.807, 2.05) is 6.07 Å². The molecular weight excluding hydrogens is 194 g/mol. The highest BCUT2D eigenvalue weighted by atomic mass is 16.5. The van der Waals surface area contributed by atoms with Crippen LogP contribution < -0.4 is 4.74 Å². The third kappa shape index (κ3) is 4.67. The van der Waals surface area contributed by atoms with E-state index < -0.39 is 0 Å². The van der Waals surface area contributed by atoms with Crippen molar-refractivity contribution in [1.29, 1.82) is 5.26 Å². The second-order valence-electron chi connectivity index (χ2n) is 2.83. The van der Waals surface area contributed by atoms with Gasteiger partial charge in [0.1, 0.15) is 12.4 Å². The van der Waals surface area contributed by atoms with Crippen LogP contribution in [0.15, 0.2) is 30.3 Å². The van der Waals surface area contributed by atoms with Crippen LogP contribution in [0.1, 0.15) is 12.8 Å². The van der Waals surface area contributed by atoms with Gasteiger partial charge in [-0.15, -0.1) is 0 Å². The first-order chi connectivity index (χ1) is 7.33. The minimum Gasteiger partial charge on any atom is -0.427 e. The first kappa shape index (κ1) is 11.1. The highest BCUT2D eigenvalue weighted by molar-refractivity contribution is 5.72. The van der Waals surface area contributed by atoms with Crippen LogP contribution in [0.25, 0.3) is 0 Å². The zero-order valence-corrected chi connectivity index (χ0v) is 8.18. The van der Waals surface area contributed by atoms with Gasteiger partial charge in [-0.05, 0) is 18.6 Å². The van der Waals surface area contributed by atoms with Crippen LogP contribution in [-0.4, -0.2) is 12.6 Å². The highest BCUT2D eigenvalue weighted by Crippen LogP contribution is 2.09. The Balaban J connectivity index is 2.22. The quantitative estimate of drug-likeness (QED) is 0.318. The van der Waals surface area contributed by atoms with E-state index in [1.54, 1.807) is 24.3 Å². The molecule has 0 spiro atoms. The molecule has 0 radical (unpaired) electrons. The maximum absolute atomic E-state index is 11.2. The van der Waals surface area contributed by atoms with Gasteiger partial charge in [0.25, 0.3) is 6.26 Å². The monoisotopic (exact) mass is 205 g/mol. The Morgan fingerprint density at radius 3 is 2.73 bits per heavy atom. The Labute approximate surface area is 88.0 Å². The number of benzene rings is 1. The fourth-order valence-electron chi connectivity index (χ4n) is 1.01. The Hall–Kier alpha value is -2.02. The van der Waals surface area contributed by atoms with E-state index in [9.17, 15) is 4.79 Å². The zero-order valence-electron chi connectivity index (χ0n) is 8.18. The zero-order chi connectivity index (χ0) is 10.9. The average Bonchev–Trinajstić information content (AvgIpc) is 2.26. The van der Waals surface area contributed by atoms with Gasteiger partial charge in [0, 0.05) is 6.42 Å². The Kier molecular flexibility index (Phi) is 4.74. The molecule has 0 heterocycles. The van der Waals surface area contributed by atoms with E-state index in [0.717, 1.165) is 0 Å². The predicted molar refractivity (Wildman–Crippen MR) is 52.9 cm³/mol. The predicted octanol–water partition coefficient (Wildman–Crippen LogP) is 1.87. The van der Waals surface area contributed by atoms with E-state index in [2.05, 4.69) is 4.74 Å². The molecule has 0 amide bonds. The molecule has 0 atom stereocenters. The normalized spacial score (nSPS) is 9.00. The van der Waals surface area contributed by atoms with Gasteiger partial charge in [-0.3, -0.25) is 4.79 Å². The fraction of sp³-hybridized carbons (Fsp3) is 0.273. The number of carbonyl (C=O) groups is 1.